The maximum atomic E-state index is 11.5. The summed E-state index contributed by atoms with van der Waals surface area (Å²) in [5.74, 6) is 0.0268. The topological polar surface area (TPSA) is 55.1 Å². The molecule has 1 amide bonds. The number of anilines is 1. The third-order valence-corrected chi connectivity index (χ3v) is 2.64. The Morgan fingerprint density at radius 3 is 2.29 bits per heavy atom. The van der Waals surface area contributed by atoms with Crippen molar-refractivity contribution in [2.24, 2.45) is 5.73 Å². The summed E-state index contributed by atoms with van der Waals surface area (Å²) in [6.45, 7) is 7.06. The van der Waals surface area contributed by atoms with E-state index >= 15 is 0 Å². The van der Waals surface area contributed by atoms with Crippen LogP contribution in [0.25, 0.3) is 0 Å². The quantitative estimate of drug-likeness (QED) is 0.841. The van der Waals surface area contributed by atoms with Gasteiger partial charge in [0.25, 0.3) is 0 Å². The summed E-state index contributed by atoms with van der Waals surface area (Å²) in [5, 5.41) is 2.86. The van der Waals surface area contributed by atoms with Gasteiger partial charge >= 0.3 is 0 Å². The third-order valence-electron chi connectivity index (χ3n) is 2.64. The van der Waals surface area contributed by atoms with E-state index in [0.717, 1.165) is 12.1 Å². The summed E-state index contributed by atoms with van der Waals surface area (Å²) >= 11 is 0. The maximum Gasteiger partial charge on any atom is 0.224 e. The number of nitrogens with one attached hydrogen (secondary N) is 1. The van der Waals surface area contributed by atoms with E-state index in [1.807, 2.05) is 12.1 Å². The van der Waals surface area contributed by atoms with Gasteiger partial charge in [0.1, 0.15) is 0 Å². The minimum Gasteiger partial charge on any atom is -0.330 e. The summed E-state index contributed by atoms with van der Waals surface area (Å²) in [6.07, 6.45) is 1.21. The first-order chi connectivity index (χ1) is 7.93. The molecule has 1 rings (SSSR count). The standard InChI is InChI=1S/C14H22N2O/c1-14(2,3)11-6-8-12(9-7-11)16-13(17)5-4-10-15/h6-9H,4-5,10,15H2,1-3H3,(H,16,17). The number of hydrogen-bond donors (Lipinski definition) is 2. The lowest BCUT2D eigenvalue weighted by Gasteiger charge is -2.19. The second kappa shape index (κ2) is 5.82. The van der Waals surface area contributed by atoms with E-state index in [0.29, 0.717) is 13.0 Å². The summed E-state index contributed by atoms with van der Waals surface area (Å²) in [6, 6.07) is 8.00. The molecule has 3 heteroatoms. The number of hydrogen-bond acceptors (Lipinski definition) is 2. The van der Waals surface area contributed by atoms with Crippen molar-refractivity contribution in [3.05, 3.63) is 29.8 Å². The molecule has 1 aromatic carbocycles. The van der Waals surface area contributed by atoms with Gasteiger partial charge in [0, 0.05) is 12.1 Å². The normalized spacial score (nSPS) is 11.3. The molecule has 3 nitrogen and oxygen atoms in total. The van der Waals surface area contributed by atoms with Gasteiger partial charge in [-0.25, -0.2) is 0 Å². The first-order valence-corrected chi connectivity index (χ1v) is 6.04. The van der Waals surface area contributed by atoms with Crippen LogP contribution in [0.5, 0.6) is 0 Å². The Hall–Kier alpha value is -1.35. The second-order valence-corrected chi connectivity index (χ2v) is 5.27. The average molecular weight is 234 g/mol. The van der Waals surface area contributed by atoms with E-state index < -0.39 is 0 Å². The summed E-state index contributed by atoms with van der Waals surface area (Å²) in [5.41, 5.74) is 7.61. The van der Waals surface area contributed by atoms with Crippen molar-refractivity contribution in [3.63, 3.8) is 0 Å². The molecule has 1 aromatic rings. The monoisotopic (exact) mass is 234 g/mol. The molecule has 0 radical (unpaired) electrons. The lowest BCUT2D eigenvalue weighted by molar-refractivity contribution is -0.116. The van der Waals surface area contributed by atoms with Crippen LogP contribution in [0.3, 0.4) is 0 Å². The van der Waals surface area contributed by atoms with E-state index in [-0.39, 0.29) is 11.3 Å². The summed E-state index contributed by atoms with van der Waals surface area (Å²) < 4.78 is 0. The molecule has 17 heavy (non-hydrogen) atoms. The molecule has 0 heterocycles. The Labute approximate surface area is 103 Å². The lowest BCUT2D eigenvalue weighted by atomic mass is 9.87. The van der Waals surface area contributed by atoms with Gasteiger partial charge in [-0.05, 0) is 36.1 Å². The predicted molar refractivity (Wildman–Crippen MR) is 72.1 cm³/mol. The number of amides is 1. The Balaban J connectivity index is 2.60. The van der Waals surface area contributed by atoms with Gasteiger partial charge in [0.05, 0.1) is 0 Å². The molecule has 0 fully saturated rings. The first-order valence-electron chi connectivity index (χ1n) is 6.04. The molecular weight excluding hydrogens is 212 g/mol. The lowest BCUT2D eigenvalue weighted by Crippen LogP contribution is -2.14. The largest absolute Gasteiger partial charge is 0.330 e. The highest BCUT2D eigenvalue weighted by Gasteiger charge is 2.12. The third kappa shape index (κ3) is 4.57. The predicted octanol–water partition coefficient (Wildman–Crippen LogP) is 2.66. The van der Waals surface area contributed by atoms with Crippen LogP contribution in [0.15, 0.2) is 24.3 Å². The zero-order valence-electron chi connectivity index (χ0n) is 10.9. The smallest absolute Gasteiger partial charge is 0.224 e. The zero-order valence-corrected chi connectivity index (χ0v) is 10.9. The van der Waals surface area contributed by atoms with Crippen LogP contribution in [0, 0.1) is 0 Å². The van der Waals surface area contributed by atoms with Crippen LogP contribution in [-0.4, -0.2) is 12.5 Å². The van der Waals surface area contributed by atoms with Gasteiger partial charge in [0.2, 0.25) is 5.91 Å². The van der Waals surface area contributed by atoms with Gasteiger partial charge in [-0.15, -0.1) is 0 Å². The molecule has 3 N–H and O–H groups in total. The SMILES string of the molecule is CC(C)(C)c1ccc(NC(=O)CCCN)cc1. The van der Waals surface area contributed by atoms with Crippen molar-refractivity contribution in [2.75, 3.05) is 11.9 Å². The van der Waals surface area contributed by atoms with Gasteiger partial charge in [0.15, 0.2) is 0 Å². The number of carbonyl (C=O) groups is 1. The van der Waals surface area contributed by atoms with Gasteiger partial charge in [-0.2, -0.15) is 0 Å². The molecule has 0 unspecified atom stereocenters. The van der Waals surface area contributed by atoms with E-state index in [1.54, 1.807) is 0 Å². The van der Waals surface area contributed by atoms with Crippen molar-refractivity contribution >= 4 is 11.6 Å². The Morgan fingerprint density at radius 2 is 1.82 bits per heavy atom. The highest BCUT2D eigenvalue weighted by molar-refractivity contribution is 5.90. The van der Waals surface area contributed by atoms with Crippen molar-refractivity contribution in [2.45, 2.75) is 39.0 Å². The fourth-order valence-electron chi connectivity index (χ4n) is 1.54. The highest BCUT2D eigenvalue weighted by atomic mass is 16.1. The maximum absolute atomic E-state index is 11.5. The fraction of sp³-hybridized carbons (Fsp3) is 0.500. The molecule has 0 bridgehead atoms. The summed E-state index contributed by atoms with van der Waals surface area (Å²) in [4.78, 5) is 11.5. The van der Waals surface area contributed by atoms with Crippen LogP contribution < -0.4 is 11.1 Å². The number of carbonyl (C=O) groups excluding carboxylic acids is 1. The molecular formula is C14H22N2O. The molecule has 0 atom stereocenters. The number of benzene rings is 1. The van der Waals surface area contributed by atoms with Crippen LogP contribution in [0.4, 0.5) is 5.69 Å². The molecule has 0 aliphatic heterocycles. The van der Waals surface area contributed by atoms with Crippen molar-refractivity contribution in [3.8, 4) is 0 Å². The van der Waals surface area contributed by atoms with Crippen LogP contribution in [0.2, 0.25) is 0 Å². The van der Waals surface area contributed by atoms with Gasteiger partial charge < -0.3 is 11.1 Å². The fourth-order valence-corrected chi connectivity index (χ4v) is 1.54. The van der Waals surface area contributed by atoms with Gasteiger partial charge in [-0.1, -0.05) is 32.9 Å². The van der Waals surface area contributed by atoms with E-state index in [2.05, 4.69) is 38.2 Å². The molecule has 0 spiro atoms. The molecule has 94 valence electrons. The zero-order chi connectivity index (χ0) is 12.9. The van der Waals surface area contributed by atoms with E-state index in [9.17, 15) is 4.79 Å². The average Bonchev–Trinajstić information content (AvgIpc) is 2.26. The molecule has 0 saturated carbocycles. The van der Waals surface area contributed by atoms with Crippen molar-refractivity contribution in [1.82, 2.24) is 0 Å². The first kappa shape index (κ1) is 13.7. The minimum absolute atomic E-state index is 0.0268. The molecule has 0 aromatic heterocycles. The Kier molecular flexibility index (Phi) is 4.70. The van der Waals surface area contributed by atoms with E-state index in [1.165, 1.54) is 5.56 Å². The Bertz CT molecular complexity index is 363. The Morgan fingerprint density at radius 1 is 1.24 bits per heavy atom. The van der Waals surface area contributed by atoms with Crippen LogP contribution in [0.1, 0.15) is 39.2 Å². The number of nitrogens with two attached hydrogens (primary N) is 1. The van der Waals surface area contributed by atoms with Crippen molar-refractivity contribution in [1.29, 1.82) is 0 Å². The molecule has 0 aliphatic carbocycles. The second-order valence-electron chi connectivity index (χ2n) is 5.27. The van der Waals surface area contributed by atoms with Gasteiger partial charge in [-0.3, -0.25) is 4.79 Å². The van der Waals surface area contributed by atoms with Crippen LogP contribution >= 0.6 is 0 Å². The van der Waals surface area contributed by atoms with Crippen molar-refractivity contribution < 1.29 is 4.79 Å². The highest BCUT2D eigenvalue weighted by Crippen LogP contribution is 2.23. The van der Waals surface area contributed by atoms with E-state index in [4.69, 9.17) is 5.73 Å². The van der Waals surface area contributed by atoms with Crippen LogP contribution in [-0.2, 0) is 10.2 Å². The number of rotatable bonds is 4. The molecule has 0 aliphatic rings. The minimum atomic E-state index is 0.0268. The summed E-state index contributed by atoms with van der Waals surface area (Å²) in [7, 11) is 0. The molecule has 0 saturated heterocycles.